The van der Waals surface area contributed by atoms with E-state index >= 15 is 0 Å². The highest BCUT2D eigenvalue weighted by molar-refractivity contribution is 7.09. The zero-order valence-corrected chi connectivity index (χ0v) is 33.9. The maximum Gasteiger partial charge on any atom is 0.407 e. The van der Waals surface area contributed by atoms with Gasteiger partial charge in [-0.3, -0.25) is 4.79 Å². The Morgan fingerprint density at radius 3 is 2.38 bits per heavy atom. The summed E-state index contributed by atoms with van der Waals surface area (Å²) in [6, 6.07) is 0. The number of carbonyl (C=O) groups excluding carboxylic acids is 3. The predicted molar refractivity (Wildman–Crippen MR) is 210 cm³/mol. The Labute approximate surface area is 315 Å². The van der Waals surface area contributed by atoms with Crippen LogP contribution in [0.1, 0.15) is 105 Å². The van der Waals surface area contributed by atoms with E-state index in [0.29, 0.717) is 29.1 Å². The number of aromatic nitrogens is 1. The second-order valence-electron chi connectivity index (χ2n) is 14.3. The molecule has 0 saturated carbocycles. The third-order valence-corrected chi connectivity index (χ3v) is 9.83. The molecular weight excluding hydrogens is 677 g/mol. The number of rotatable bonds is 6. The molecule has 10 heteroatoms. The monoisotopic (exact) mass is 736 g/mol. The highest BCUT2D eigenvalue weighted by Gasteiger charge is 2.29. The summed E-state index contributed by atoms with van der Waals surface area (Å²) in [4.78, 5) is 43.7. The summed E-state index contributed by atoms with van der Waals surface area (Å²) in [5, 5.41) is 15.9. The first kappa shape index (κ1) is 44.3. The molecule has 0 bridgehead atoms. The van der Waals surface area contributed by atoms with Crippen molar-refractivity contribution in [3.8, 4) is 0 Å². The predicted octanol–water partition coefficient (Wildman–Crippen LogP) is 9.27. The van der Waals surface area contributed by atoms with Crippen molar-refractivity contribution < 1.29 is 33.7 Å². The lowest BCUT2D eigenvalue weighted by atomic mass is 9.93. The van der Waals surface area contributed by atoms with Gasteiger partial charge in [0.05, 0.1) is 17.9 Å². The Balaban J connectivity index is 2.61. The normalized spacial score (nSPS) is 31.8. The van der Waals surface area contributed by atoms with Crippen LogP contribution in [-0.2, 0) is 23.8 Å². The molecule has 286 valence electrons. The molecule has 0 spiro atoms. The van der Waals surface area contributed by atoms with Crippen molar-refractivity contribution in [2.45, 2.75) is 106 Å². The van der Waals surface area contributed by atoms with Crippen LogP contribution in [0.15, 0.2) is 87.9 Å². The van der Waals surface area contributed by atoms with Crippen molar-refractivity contribution in [1.82, 2.24) is 10.3 Å². The zero-order chi connectivity index (χ0) is 39.1. The number of methoxy groups -OCH3 is 1. The van der Waals surface area contributed by atoms with Gasteiger partial charge >= 0.3 is 12.1 Å². The fourth-order valence-corrected chi connectivity index (χ4v) is 6.68. The van der Waals surface area contributed by atoms with Gasteiger partial charge in [0.15, 0.2) is 18.0 Å². The van der Waals surface area contributed by atoms with Gasteiger partial charge in [0.25, 0.3) is 0 Å². The van der Waals surface area contributed by atoms with Gasteiger partial charge in [-0.05, 0) is 65.0 Å². The number of thiazole rings is 1. The summed E-state index contributed by atoms with van der Waals surface area (Å²) in [6.45, 7) is 19.3. The number of amides is 1. The zero-order valence-electron chi connectivity index (χ0n) is 33.1. The largest absolute Gasteiger partial charge is 0.452 e. The van der Waals surface area contributed by atoms with Gasteiger partial charge < -0.3 is 24.6 Å². The Hall–Kier alpha value is -3.86. The molecule has 52 heavy (non-hydrogen) atoms. The number of hydrogen-bond acceptors (Lipinski definition) is 9. The average Bonchev–Trinajstić information content (AvgIpc) is 3.57. The van der Waals surface area contributed by atoms with Crippen LogP contribution in [-0.4, -0.2) is 54.3 Å². The van der Waals surface area contributed by atoms with Gasteiger partial charge in [-0.2, -0.15) is 0 Å². The van der Waals surface area contributed by atoms with Crippen molar-refractivity contribution in [3.05, 3.63) is 98.6 Å². The van der Waals surface area contributed by atoms with E-state index in [-0.39, 0.29) is 23.5 Å². The number of allylic oxidation sites excluding steroid dienone is 9. The van der Waals surface area contributed by atoms with Crippen LogP contribution in [0.3, 0.4) is 0 Å². The first-order valence-corrected chi connectivity index (χ1v) is 18.9. The highest BCUT2D eigenvalue weighted by atomic mass is 32.1. The van der Waals surface area contributed by atoms with Gasteiger partial charge in [0.2, 0.25) is 0 Å². The third kappa shape index (κ3) is 14.3. The second kappa shape index (κ2) is 21.6. The molecule has 1 aliphatic rings. The summed E-state index contributed by atoms with van der Waals surface area (Å²) in [5.41, 5.74) is 4.65. The fraction of sp³-hybridized carbons (Fsp3) is 0.524. The van der Waals surface area contributed by atoms with Gasteiger partial charge in [-0.15, -0.1) is 11.3 Å². The minimum absolute atomic E-state index is 0.0592. The summed E-state index contributed by atoms with van der Waals surface area (Å²) < 4.78 is 17.6. The molecule has 1 aromatic rings. The van der Waals surface area contributed by atoms with E-state index < -0.39 is 42.4 Å². The van der Waals surface area contributed by atoms with Crippen molar-refractivity contribution in [2.75, 3.05) is 14.2 Å². The fourth-order valence-electron chi connectivity index (χ4n) is 5.79. The summed E-state index contributed by atoms with van der Waals surface area (Å²) in [7, 11) is 3.10. The van der Waals surface area contributed by atoms with Crippen LogP contribution < -0.4 is 5.32 Å². The molecule has 0 fully saturated rings. The van der Waals surface area contributed by atoms with E-state index in [9.17, 15) is 19.5 Å². The number of ketones is 1. The number of carbonyl (C=O) groups is 3. The lowest BCUT2D eigenvalue weighted by molar-refractivity contribution is -0.146. The molecule has 0 saturated heterocycles. The average molecular weight is 737 g/mol. The quantitative estimate of drug-likeness (QED) is 0.219. The van der Waals surface area contributed by atoms with E-state index in [2.05, 4.69) is 5.32 Å². The number of nitrogens with zero attached hydrogens (tertiary/aromatic N) is 1. The van der Waals surface area contributed by atoms with Crippen LogP contribution >= 0.6 is 11.3 Å². The van der Waals surface area contributed by atoms with Crippen LogP contribution in [0, 0.1) is 23.7 Å². The first-order chi connectivity index (χ1) is 24.5. The number of esters is 1. The molecule has 9 nitrogen and oxygen atoms in total. The van der Waals surface area contributed by atoms with Gasteiger partial charge in [-0.1, -0.05) is 99.9 Å². The maximum absolute atomic E-state index is 13.5. The molecule has 0 aliphatic carbocycles. The smallest absolute Gasteiger partial charge is 0.407 e. The van der Waals surface area contributed by atoms with Crippen molar-refractivity contribution in [1.29, 1.82) is 0 Å². The Morgan fingerprint density at radius 1 is 1.06 bits per heavy atom. The second-order valence-corrected chi connectivity index (χ2v) is 15.2. The molecule has 7 atom stereocenters. The molecule has 0 unspecified atom stereocenters. The Morgan fingerprint density at radius 2 is 1.75 bits per heavy atom. The summed E-state index contributed by atoms with van der Waals surface area (Å²) >= 11 is 1.36. The number of nitrogens with one attached hydrogen (secondary N) is 1. The summed E-state index contributed by atoms with van der Waals surface area (Å²) in [6.07, 6.45) is 14.7. The number of hydrogen-bond donors (Lipinski definition) is 2. The molecule has 0 radical (unpaired) electrons. The van der Waals surface area contributed by atoms with E-state index in [4.69, 9.17) is 19.2 Å². The van der Waals surface area contributed by atoms with Crippen LogP contribution in [0.4, 0.5) is 4.79 Å². The molecule has 2 rings (SSSR count). The lowest BCUT2D eigenvalue weighted by Gasteiger charge is -2.22. The van der Waals surface area contributed by atoms with Crippen LogP contribution in [0.2, 0.25) is 0 Å². The van der Waals surface area contributed by atoms with Crippen molar-refractivity contribution in [3.63, 3.8) is 0 Å². The van der Waals surface area contributed by atoms with E-state index in [1.807, 2.05) is 110 Å². The van der Waals surface area contributed by atoms with Crippen molar-refractivity contribution in [2.24, 2.45) is 23.7 Å². The topological polar surface area (TPSA) is 124 Å². The number of aliphatic hydroxyl groups is 1. The highest BCUT2D eigenvalue weighted by Crippen LogP contribution is 2.34. The van der Waals surface area contributed by atoms with E-state index in [1.165, 1.54) is 18.4 Å². The first-order valence-electron chi connectivity index (χ1n) is 18.0. The third-order valence-electron chi connectivity index (χ3n) is 8.87. The molecule has 1 amide bonds. The van der Waals surface area contributed by atoms with Gasteiger partial charge in [-0.25, -0.2) is 14.6 Å². The Kier molecular flexibility index (Phi) is 18.4. The minimum Gasteiger partial charge on any atom is -0.452 e. The SMILES string of the molecule is CNC(=O)O[C@@H](CC(C)C)c1nc([C@H]2OC(=O)/C(C)=C/C/C(C)=C/[C@@H](O)[C@@H](C)\C=C(C)/C=C(C)\C=C\C(=O)[C@H](C)[C@H](OC)/C(C)=C/C=C/[C@@H]2C)cs1. The Bertz CT molecular complexity index is 1590. The molecule has 2 N–H and O–H groups in total. The van der Waals surface area contributed by atoms with Crippen molar-refractivity contribution >= 4 is 29.2 Å². The van der Waals surface area contributed by atoms with Gasteiger partial charge in [0, 0.05) is 42.9 Å². The molecule has 0 aromatic carbocycles. The molecule has 1 aliphatic heterocycles. The minimum atomic E-state index is -0.745. The number of ether oxygens (including phenoxy) is 3. The standard InChI is InChI=1S/C42H60N2O7S/c1-25(2)20-37(50-42(48)43-11)40-44-34(24-52-40)39-30(7)15-13-14-29(6)38(49-12)33(10)35(45)19-17-26(3)21-28(5)22-32(9)36(46)23-27(4)16-18-31(8)41(47)51-39/h13-15,17-19,21-25,30,32-33,36-39,46H,16,20H2,1-12H3,(H,43,48)/b15-13+,19-17+,26-21-,27-23+,28-22-,29-14+,31-18+/t30-,32-,33-,36+,37-,38+,39-/m0/s1. The number of alkyl carbamates (subject to hydrolysis) is 1. The molecular formula is C42H60N2O7S. The lowest BCUT2D eigenvalue weighted by Crippen LogP contribution is -2.27. The number of aliphatic hydroxyl groups excluding tert-OH is 1. The molecule has 2 heterocycles. The summed E-state index contributed by atoms with van der Waals surface area (Å²) in [5.74, 6) is -1.21. The maximum atomic E-state index is 13.5. The van der Waals surface area contributed by atoms with Crippen LogP contribution in [0.25, 0.3) is 0 Å². The number of cyclic esters (lactones) is 1. The van der Waals surface area contributed by atoms with Gasteiger partial charge in [0.1, 0.15) is 5.01 Å². The van der Waals surface area contributed by atoms with Crippen LogP contribution in [0.5, 0.6) is 0 Å². The van der Waals surface area contributed by atoms with E-state index in [0.717, 1.165) is 22.3 Å². The van der Waals surface area contributed by atoms with E-state index in [1.54, 1.807) is 26.2 Å². The molecule has 1 aromatic heterocycles.